The lowest BCUT2D eigenvalue weighted by atomic mass is 9.65. The van der Waals surface area contributed by atoms with Gasteiger partial charge in [-0.1, -0.05) is 25.7 Å². The summed E-state index contributed by atoms with van der Waals surface area (Å²) in [6, 6.07) is 1.66. The third-order valence-corrected chi connectivity index (χ3v) is 4.58. The molecule has 3 fully saturated rings. The Hall–Kier alpha value is -0.0800. The van der Waals surface area contributed by atoms with Crippen molar-refractivity contribution in [2.45, 2.75) is 63.7 Å². The van der Waals surface area contributed by atoms with Crippen LogP contribution in [0.2, 0.25) is 0 Å². The van der Waals surface area contributed by atoms with E-state index in [-0.39, 0.29) is 0 Å². The van der Waals surface area contributed by atoms with Crippen molar-refractivity contribution in [1.82, 2.24) is 10.6 Å². The summed E-state index contributed by atoms with van der Waals surface area (Å²) in [6.45, 7) is 2.27. The van der Waals surface area contributed by atoms with Crippen LogP contribution in [-0.2, 0) is 0 Å². The van der Waals surface area contributed by atoms with E-state index in [9.17, 15) is 0 Å². The second kappa shape index (κ2) is 3.49. The van der Waals surface area contributed by atoms with Crippen molar-refractivity contribution < 1.29 is 0 Å². The summed E-state index contributed by atoms with van der Waals surface area (Å²) in [5, 5.41) is 7.47. The van der Waals surface area contributed by atoms with Gasteiger partial charge in [-0.05, 0) is 31.6 Å². The van der Waals surface area contributed by atoms with Crippen LogP contribution in [0.5, 0.6) is 0 Å². The molecule has 80 valence electrons. The Bertz CT molecular complexity index is 196. The van der Waals surface area contributed by atoms with Crippen LogP contribution < -0.4 is 10.6 Å². The topological polar surface area (TPSA) is 24.1 Å². The summed E-state index contributed by atoms with van der Waals surface area (Å²) in [6.07, 6.45) is 9.28. The summed E-state index contributed by atoms with van der Waals surface area (Å²) in [5.74, 6) is 1.98. The van der Waals surface area contributed by atoms with Crippen LogP contribution in [0.25, 0.3) is 0 Å². The van der Waals surface area contributed by atoms with Gasteiger partial charge in [-0.15, -0.1) is 0 Å². The molecule has 0 aromatic carbocycles. The van der Waals surface area contributed by atoms with Crippen molar-refractivity contribution >= 4 is 0 Å². The minimum atomic E-state index is 0.540. The zero-order valence-electron chi connectivity index (χ0n) is 9.13. The first kappa shape index (κ1) is 9.17. The minimum Gasteiger partial charge on any atom is -0.299 e. The third-order valence-electron chi connectivity index (χ3n) is 4.58. The first-order chi connectivity index (χ1) is 6.84. The zero-order valence-corrected chi connectivity index (χ0v) is 9.13. The molecule has 2 aliphatic carbocycles. The SMILES string of the molecule is CC1NC2CCCC3CCCC(N1)C32. The third kappa shape index (κ3) is 1.40. The molecule has 0 bridgehead atoms. The maximum absolute atomic E-state index is 3.74. The molecule has 1 saturated heterocycles. The normalized spacial score (nSPS) is 52.5. The molecule has 2 saturated carbocycles. The summed E-state index contributed by atoms with van der Waals surface area (Å²) in [7, 11) is 0. The van der Waals surface area contributed by atoms with E-state index in [0.717, 1.165) is 23.9 Å². The van der Waals surface area contributed by atoms with Gasteiger partial charge in [0.2, 0.25) is 0 Å². The molecule has 2 nitrogen and oxygen atoms in total. The molecule has 1 heterocycles. The Morgan fingerprint density at radius 2 is 1.43 bits per heavy atom. The van der Waals surface area contributed by atoms with Crippen LogP contribution in [0, 0.1) is 11.8 Å². The van der Waals surface area contributed by atoms with Crippen molar-refractivity contribution in [1.29, 1.82) is 0 Å². The van der Waals surface area contributed by atoms with Crippen molar-refractivity contribution in [3.63, 3.8) is 0 Å². The van der Waals surface area contributed by atoms with Crippen molar-refractivity contribution in [3.8, 4) is 0 Å². The smallest absolute Gasteiger partial charge is 0.0546 e. The summed E-state index contributed by atoms with van der Waals surface area (Å²) >= 11 is 0. The van der Waals surface area contributed by atoms with E-state index in [0.29, 0.717) is 6.17 Å². The Morgan fingerprint density at radius 3 is 2.00 bits per heavy atom. The van der Waals surface area contributed by atoms with Crippen LogP contribution in [0.3, 0.4) is 0 Å². The summed E-state index contributed by atoms with van der Waals surface area (Å²) < 4.78 is 0. The van der Waals surface area contributed by atoms with Gasteiger partial charge in [-0.2, -0.15) is 0 Å². The molecule has 0 aromatic rings. The van der Waals surface area contributed by atoms with Crippen LogP contribution >= 0.6 is 0 Å². The molecule has 0 aromatic heterocycles. The molecule has 2 unspecified atom stereocenters. The van der Waals surface area contributed by atoms with E-state index in [2.05, 4.69) is 17.6 Å². The molecule has 0 radical (unpaired) electrons. The fourth-order valence-electron chi connectivity index (χ4n) is 4.13. The molecule has 1 aliphatic heterocycles. The van der Waals surface area contributed by atoms with Gasteiger partial charge >= 0.3 is 0 Å². The lowest BCUT2D eigenvalue weighted by molar-refractivity contribution is 0.0410. The molecular formula is C12H22N2. The molecule has 3 rings (SSSR count). The quantitative estimate of drug-likeness (QED) is 0.615. The number of nitrogens with one attached hydrogen (secondary N) is 2. The lowest BCUT2D eigenvalue weighted by Gasteiger charge is -2.52. The van der Waals surface area contributed by atoms with Gasteiger partial charge in [-0.3, -0.25) is 10.6 Å². The van der Waals surface area contributed by atoms with E-state index in [1.54, 1.807) is 0 Å². The van der Waals surface area contributed by atoms with Gasteiger partial charge < -0.3 is 0 Å². The van der Waals surface area contributed by atoms with Gasteiger partial charge in [-0.25, -0.2) is 0 Å². The largest absolute Gasteiger partial charge is 0.299 e. The van der Waals surface area contributed by atoms with Gasteiger partial charge in [0.1, 0.15) is 0 Å². The predicted molar refractivity (Wildman–Crippen MR) is 58.0 cm³/mol. The molecule has 2 N–H and O–H groups in total. The Kier molecular flexibility index (Phi) is 2.29. The van der Waals surface area contributed by atoms with E-state index in [1.807, 2.05) is 0 Å². The van der Waals surface area contributed by atoms with Crippen LogP contribution in [0.15, 0.2) is 0 Å². The first-order valence-corrected chi connectivity index (χ1v) is 6.37. The Balaban J connectivity index is 1.82. The van der Waals surface area contributed by atoms with Crippen molar-refractivity contribution in [2.75, 3.05) is 0 Å². The number of rotatable bonds is 0. The van der Waals surface area contributed by atoms with Crippen LogP contribution in [0.4, 0.5) is 0 Å². The highest BCUT2D eigenvalue weighted by Gasteiger charge is 2.43. The minimum absolute atomic E-state index is 0.540. The molecule has 2 atom stereocenters. The molecule has 2 heteroatoms. The van der Waals surface area contributed by atoms with Gasteiger partial charge in [0, 0.05) is 12.1 Å². The number of hydrogen-bond acceptors (Lipinski definition) is 2. The second-order valence-corrected chi connectivity index (χ2v) is 5.47. The van der Waals surface area contributed by atoms with Crippen LogP contribution in [-0.4, -0.2) is 18.2 Å². The predicted octanol–water partition coefficient (Wildman–Crippen LogP) is 1.86. The zero-order chi connectivity index (χ0) is 9.54. The van der Waals surface area contributed by atoms with Crippen molar-refractivity contribution in [3.05, 3.63) is 0 Å². The van der Waals surface area contributed by atoms with Crippen LogP contribution in [0.1, 0.15) is 45.4 Å². The fourth-order valence-corrected chi connectivity index (χ4v) is 4.13. The second-order valence-electron chi connectivity index (χ2n) is 5.47. The van der Waals surface area contributed by atoms with Gasteiger partial charge in [0.15, 0.2) is 0 Å². The summed E-state index contributed by atoms with van der Waals surface area (Å²) in [5.41, 5.74) is 0. The molecule has 0 spiro atoms. The average Bonchev–Trinajstić information content (AvgIpc) is 2.18. The molecule has 3 aliphatic rings. The molecule has 14 heavy (non-hydrogen) atoms. The highest BCUT2D eigenvalue weighted by Crippen LogP contribution is 2.42. The van der Waals surface area contributed by atoms with E-state index >= 15 is 0 Å². The highest BCUT2D eigenvalue weighted by molar-refractivity contribution is 5.00. The van der Waals surface area contributed by atoms with Gasteiger partial charge in [0.25, 0.3) is 0 Å². The Labute approximate surface area is 86.8 Å². The van der Waals surface area contributed by atoms with Crippen molar-refractivity contribution in [2.24, 2.45) is 11.8 Å². The summed E-state index contributed by atoms with van der Waals surface area (Å²) in [4.78, 5) is 0. The van der Waals surface area contributed by atoms with Gasteiger partial charge in [0.05, 0.1) is 6.17 Å². The Morgan fingerprint density at radius 1 is 0.857 bits per heavy atom. The van der Waals surface area contributed by atoms with E-state index in [1.165, 1.54) is 38.5 Å². The standard InChI is InChI=1S/C12H22N2/c1-8-13-10-6-2-4-9-5-3-7-11(14-8)12(9)10/h8-14H,2-7H2,1H3. The maximum atomic E-state index is 3.74. The maximum Gasteiger partial charge on any atom is 0.0546 e. The monoisotopic (exact) mass is 194 g/mol. The highest BCUT2D eigenvalue weighted by atomic mass is 15.2. The van der Waals surface area contributed by atoms with E-state index < -0.39 is 0 Å². The molecule has 0 amide bonds. The van der Waals surface area contributed by atoms with E-state index in [4.69, 9.17) is 0 Å². The number of hydrogen-bond donors (Lipinski definition) is 2. The molecular weight excluding hydrogens is 172 g/mol. The average molecular weight is 194 g/mol. The fraction of sp³-hybridized carbons (Fsp3) is 1.00. The lowest BCUT2D eigenvalue weighted by Crippen LogP contribution is -2.65. The first-order valence-electron chi connectivity index (χ1n) is 6.37.